The Labute approximate surface area is 137 Å². The molecule has 1 fully saturated rings. The Morgan fingerprint density at radius 2 is 2.04 bits per heavy atom. The van der Waals surface area contributed by atoms with E-state index in [1.165, 1.54) is 19.2 Å². The first-order chi connectivity index (χ1) is 11.5. The van der Waals surface area contributed by atoms with Crippen molar-refractivity contribution in [1.82, 2.24) is 4.90 Å². The van der Waals surface area contributed by atoms with Gasteiger partial charge in [0.2, 0.25) is 0 Å². The number of esters is 1. The molecule has 1 N–H and O–H groups in total. The van der Waals surface area contributed by atoms with Gasteiger partial charge in [0.25, 0.3) is 0 Å². The van der Waals surface area contributed by atoms with Gasteiger partial charge >= 0.3 is 5.97 Å². The highest BCUT2D eigenvalue weighted by Gasteiger charge is 2.37. The van der Waals surface area contributed by atoms with E-state index in [-0.39, 0.29) is 24.3 Å². The van der Waals surface area contributed by atoms with Crippen LogP contribution in [0.1, 0.15) is 12.2 Å². The topological polar surface area (TPSA) is 62.9 Å². The minimum Gasteiger partial charge on any atom is -0.468 e. The summed E-state index contributed by atoms with van der Waals surface area (Å²) in [6.07, 6.45) is -0.352. The molecule has 0 aliphatic carbocycles. The van der Waals surface area contributed by atoms with E-state index in [1.54, 1.807) is 11.0 Å². The van der Waals surface area contributed by atoms with Gasteiger partial charge in [0.1, 0.15) is 29.2 Å². The van der Waals surface area contributed by atoms with Gasteiger partial charge in [-0.25, -0.2) is 8.78 Å². The van der Waals surface area contributed by atoms with Gasteiger partial charge in [-0.05, 0) is 24.3 Å². The predicted molar refractivity (Wildman–Crippen MR) is 80.9 cm³/mol. The number of ether oxygens (including phenoxy) is 1. The minimum absolute atomic E-state index is 0.0787. The number of carbonyl (C=O) groups excluding carboxylic acids is 1. The first-order valence-electron chi connectivity index (χ1n) is 7.52. The molecular formula is C17H17F2NO4. The number of halogens is 2. The zero-order chi connectivity index (χ0) is 17.3. The molecule has 0 unspecified atom stereocenters. The summed E-state index contributed by atoms with van der Waals surface area (Å²) in [6, 6.07) is 6.11. The average molecular weight is 337 g/mol. The molecule has 2 heterocycles. The van der Waals surface area contributed by atoms with Crippen LogP contribution >= 0.6 is 0 Å². The van der Waals surface area contributed by atoms with Gasteiger partial charge in [-0.1, -0.05) is 6.07 Å². The molecule has 0 bridgehead atoms. The first kappa shape index (κ1) is 16.6. The highest BCUT2D eigenvalue weighted by molar-refractivity contribution is 5.76. The molecule has 128 valence electrons. The smallest absolute Gasteiger partial charge is 0.323 e. The van der Waals surface area contributed by atoms with Crippen molar-refractivity contribution in [2.45, 2.75) is 25.1 Å². The summed E-state index contributed by atoms with van der Waals surface area (Å²) in [5, 5.41) is 9.77. The largest absolute Gasteiger partial charge is 0.468 e. The van der Waals surface area contributed by atoms with Crippen molar-refractivity contribution in [2.24, 2.45) is 0 Å². The average Bonchev–Trinajstić information content (AvgIpc) is 3.14. The molecule has 1 saturated heterocycles. The highest BCUT2D eigenvalue weighted by Crippen LogP contribution is 2.29. The van der Waals surface area contributed by atoms with E-state index in [2.05, 4.69) is 0 Å². The van der Waals surface area contributed by atoms with Gasteiger partial charge in [-0.15, -0.1) is 0 Å². The number of carbonyl (C=O) groups is 1. The maximum absolute atomic E-state index is 13.8. The lowest BCUT2D eigenvalue weighted by atomic mass is 10.1. The summed E-state index contributed by atoms with van der Waals surface area (Å²) in [5.41, 5.74) is -0.227. The van der Waals surface area contributed by atoms with E-state index < -0.39 is 29.7 Å². The van der Waals surface area contributed by atoms with Crippen LogP contribution in [0.2, 0.25) is 0 Å². The van der Waals surface area contributed by atoms with Crippen molar-refractivity contribution in [2.75, 3.05) is 13.7 Å². The van der Waals surface area contributed by atoms with E-state index in [1.807, 2.05) is 0 Å². The van der Waals surface area contributed by atoms with Crippen molar-refractivity contribution < 1.29 is 27.8 Å². The Bertz CT molecular complexity index is 726. The first-order valence-corrected chi connectivity index (χ1v) is 7.52. The molecule has 3 rings (SSSR count). The molecule has 24 heavy (non-hydrogen) atoms. The molecule has 7 heteroatoms. The number of methoxy groups -OCH3 is 1. The molecule has 2 atom stereocenters. The van der Waals surface area contributed by atoms with E-state index in [4.69, 9.17) is 9.15 Å². The van der Waals surface area contributed by atoms with Crippen LogP contribution in [-0.2, 0) is 16.1 Å². The van der Waals surface area contributed by atoms with Crippen LogP contribution in [-0.4, -0.2) is 41.8 Å². The van der Waals surface area contributed by atoms with Crippen molar-refractivity contribution >= 4 is 5.97 Å². The summed E-state index contributed by atoms with van der Waals surface area (Å²) in [4.78, 5) is 13.5. The Morgan fingerprint density at radius 3 is 2.71 bits per heavy atom. The number of likely N-dealkylation sites (tertiary alicyclic amines) is 1. The summed E-state index contributed by atoms with van der Waals surface area (Å²) < 4.78 is 37.9. The standard InChI is InChI=1S/C17H17F2NO4/c1-23-17(22)14-7-10(21)8-20(14)9-11-5-6-15(24-11)16-12(18)3-2-4-13(16)19/h2-6,10,14,21H,7-9H2,1H3/t10-,14+/m0/s1. The van der Waals surface area contributed by atoms with Crippen molar-refractivity contribution in [3.8, 4) is 11.3 Å². The van der Waals surface area contributed by atoms with Gasteiger partial charge in [-0.3, -0.25) is 9.69 Å². The second kappa shape index (κ2) is 6.70. The number of rotatable bonds is 4. The minimum atomic E-state index is -0.708. The summed E-state index contributed by atoms with van der Waals surface area (Å²) in [7, 11) is 1.29. The second-order valence-electron chi connectivity index (χ2n) is 5.72. The number of aliphatic hydroxyl groups is 1. The van der Waals surface area contributed by atoms with Crippen LogP contribution in [0.4, 0.5) is 8.78 Å². The van der Waals surface area contributed by atoms with Crippen molar-refractivity contribution in [3.05, 3.63) is 47.7 Å². The molecular weight excluding hydrogens is 320 g/mol. The van der Waals surface area contributed by atoms with E-state index >= 15 is 0 Å². The predicted octanol–water partition coefficient (Wildman–Crippen LogP) is 2.33. The highest BCUT2D eigenvalue weighted by atomic mass is 19.1. The number of hydrogen-bond acceptors (Lipinski definition) is 5. The van der Waals surface area contributed by atoms with E-state index in [0.29, 0.717) is 12.3 Å². The third-order valence-corrected chi connectivity index (χ3v) is 4.08. The molecule has 0 radical (unpaired) electrons. The number of β-amino-alcohol motifs (C(OH)–C–C–N with tert-alkyl or cyclic N) is 1. The molecule has 1 aliphatic rings. The fraction of sp³-hybridized carbons (Fsp3) is 0.353. The zero-order valence-electron chi connectivity index (χ0n) is 13.0. The number of nitrogens with zero attached hydrogens (tertiary/aromatic N) is 1. The van der Waals surface area contributed by atoms with Gasteiger partial charge in [0.15, 0.2) is 0 Å². The number of aliphatic hydroxyl groups excluding tert-OH is 1. The molecule has 2 aromatic rings. The van der Waals surface area contributed by atoms with E-state index in [0.717, 1.165) is 12.1 Å². The normalized spacial score (nSPS) is 21.2. The van der Waals surface area contributed by atoms with Crippen molar-refractivity contribution in [3.63, 3.8) is 0 Å². The Balaban J connectivity index is 1.80. The monoisotopic (exact) mass is 337 g/mol. The summed E-state index contributed by atoms with van der Waals surface area (Å²) >= 11 is 0. The van der Waals surface area contributed by atoms with Crippen LogP contribution in [0, 0.1) is 11.6 Å². The van der Waals surface area contributed by atoms with Crippen LogP contribution < -0.4 is 0 Å². The molecule has 0 spiro atoms. The quantitative estimate of drug-likeness (QED) is 0.868. The van der Waals surface area contributed by atoms with Crippen molar-refractivity contribution in [1.29, 1.82) is 0 Å². The lowest BCUT2D eigenvalue weighted by Gasteiger charge is -2.20. The van der Waals surface area contributed by atoms with Crippen LogP contribution in [0.3, 0.4) is 0 Å². The van der Waals surface area contributed by atoms with Gasteiger partial charge in [0.05, 0.1) is 25.3 Å². The Morgan fingerprint density at radius 1 is 1.33 bits per heavy atom. The summed E-state index contributed by atoms with van der Waals surface area (Å²) in [5.74, 6) is -1.33. The Hall–Kier alpha value is -2.25. The lowest BCUT2D eigenvalue weighted by Crippen LogP contribution is -2.36. The second-order valence-corrected chi connectivity index (χ2v) is 5.72. The Kier molecular flexibility index (Phi) is 4.64. The van der Waals surface area contributed by atoms with Crippen LogP contribution in [0.25, 0.3) is 11.3 Å². The third-order valence-electron chi connectivity index (χ3n) is 4.08. The third kappa shape index (κ3) is 3.18. The lowest BCUT2D eigenvalue weighted by molar-refractivity contribution is -0.146. The molecule has 0 saturated carbocycles. The molecule has 1 aliphatic heterocycles. The number of benzene rings is 1. The SMILES string of the molecule is COC(=O)[C@H]1C[C@H](O)CN1Cc1ccc(-c2c(F)cccc2F)o1. The van der Waals surface area contributed by atoms with E-state index in [9.17, 15) is 18.7 Å². The number of hydrogen-bond donors (Lipinski definition) is 1. The van der Waals surface area contributed by atoms with Gasteiger partial charge in [-0.2, -0.15) is 0 Å². The number of furan rings is 1. The van der Waals surface area contributed by atoms with Crippen LogP contribution in [0.15, 0.2) is 34.7 Å². The zero-order valence-corrected chi connectivity index (χ0v) is 13.0. The van der Waals surface area contributed by atoms with Crippen LogP contribution in [0.5, 0.6) is 0 Å². The molecule has 0 amide bonds. The maximum atomic E-state index is 13.8. The molecule has 1 aromatic carbocycles. The molecule has 5 nitrogen and oxygen atoms in total. The van der Waals surface area contributed by atoms with Gasteiger partial charge in [0, 0.05) is 13.0 Å². The molecule has 1 aromatic heterocycles. The van der Waals surface area contributed by atoms with Gasteiger partial charge < -0.3 is 14.3 Å². The fourth-order valence-electron chi connectivity index (χ4n) is 2.97. The maximum Gasteiger partial charge on any atom is 0.323 e. The fourth-order valence-corrected chi connectivity index (χ4v) is 2.97. The summed E-state index contributed by atoms with van der Waals surface area (Å²) in [6.45, 7) is 0.525.